The number of anilines is 1. The molecule has 1 fully saturated rings. The summed E-state index contributed by atoms with van der Waals surface area (Å²) >= 11 is 0. The molecule has 1 N–H and O–H groups in total. The van der Waals surface area contributed by atoms with Gasteiger partial charge < -0.3 is 10.2 Å². The van der Waals surface area contributed by atoms with E-state index in [-0.39, 0.29) is 0 Å². The van der Waals surface area contributed by atoms with Crippen LogP contribution in [0.25, 0.3) is 0 Å². The molecule has 20 heavy (non-hydrogen) atoms. The van der Waals surface area contributed by atoms with E-state index in [0.29, 0.717) is 0 Å². The first kappa shape index (κ1) is 15.4. The molecule has 2 heteroatoms. The minimum atomic E-state index is 0.761. The summed E-state index contributed by atoms with van der Waals surface area (Å²) in [6, 6.07) is 9.71. The van der Waals surface area contributed by atoms with Gasteiger partial charge in [-0.05, 0) is 57.7 Å². The zero-order chi connectivity index (χ0) is 14.4. The lowest BCUT2D eigenvalue weighted by Crippen LogP contribution is -2.34. The van der Waals surface area contributed by atoms with E-state index < -0.39 is 0 Å². The lowest BCUT2D eigenvalue weighted by molar-refractivity contribution is 0.386. The minimum absolute atomic E-state index is 0.761. The Morgan fingerprint density at radius 2 is 1.90 bits per heavy atom. The Kier molecular flexibility index (Phi) is 5.90. The van der Waals surface area contributed by atoms with Crippen LogP contribution in [0.1, 0.15) is 45.1 Å². The maximum atomic E-state index is 3.67. The molecule has 2 rings (SSSR count). The van der Waals surface area contributed by atoms with Crippen molar-refractivity contribution in [3.8, 4) is 0 Å². The van der Waals surface area contributed by atoms with Gasteiger partial charge in [-0.3, -0.25) is 0 Å². The second kappa shape index (κ2) is 7.68. The van der Waals surface area contributed by atoms with E-state index in [2.05, 4.69) is 55.3 Å². The molecule has 1 aliphatic carbocycles. The van der Waals surface area contributed by atoms with Crippen molar-refractivity contribution in [3.63, 3.8) is 0 Å². The summed E-state index contributed by atoms with van der Waals surface area (Å²) in [4.78, 5) is 2.51. The highest BCUT2D eigenvalue weighted by atomic mass is 15.1. The highest BCUT2D eigenvalue weighted by molar-refractivity contribution is 5.47. The van der Waals surface area contributed by atoms with E-state index in [1.807, 2.05) is 0 Å². The third-order valence-corrected chi connectivity index (χ3v) is 4.68. The van der Waals surface area contributed by atoms with Crippen LogP contribution in [0.15, 0.2) is 24.3 Å². The second-order valence-electron chi connectivity index (χ2n) is 6.06. The van der Waals surface area contributed by atoms with E-state index in [9.17, 15) is 0 Å². The van der Waals surface area contributed by atoms with E-state index in [1.54, 1.807) is 0 Å². The zero-order valence-corrected chi connectivity index (χ0v) is 13.4. The van der Waals surface area contributed by atoms with Crippen LogP contribution in [0.2, 0.25) is 0 Å². The number of hydrogen-bond acceptors (Lipinski definition) is 2. The van der Waals surface area contributed by atoms with Crippen LogP contribution in [-0.4, -0.2) is 25.7 Å². The third kappa shape index (κ3) is 3.99. The Hall–Kier alpha value is -1.02. The molecule has 0 heterocycles. The molecular weight excluding hydrogens is 244 g/mol. The summed E-state index contributed by atoms with van der Waals surface area (Å²) in [7, 11) is 0. The van der Waals surface area contributed by atoms with Crippen LogP contribution in [0.4, 0.5) is 5.69 Å². The topological polar surface area (TPSA) is 15.3 Å². The summed E-state index contributed by atoms with van der Waals surface area (Å²) < 4.78 is 0. The van der Waals surface area contributed by atoms with Crippen molar-refractivity contribution in [2.24, 2.45) is 5.92 Å². The number of benzene rings is 1. The van der Waals surface area contributed by atoms with Crippen molar-refractivity contribution in [3.05, 3.63) is 29.8 Å². The fourth-order valence-electron chi connectivity index (χ4n) is 3.46. The lowest BCUT2D eigenvalue weighted by Gasteiger charge is -2.27. The van der Waals surface area contributed by atoms with Crippen molar-refractivity contribution >= 4 is 5.69 Å². The largest absolute Gasteiger partial charge is 0.372 e. The molecule has 0 bridgehead atoms. The highest BCUT2D eigenvalue weighted by Gasteiger charge is 2.26. The van der Waals surface area contributed by atoms with Crippen molar-refractivity contribution in [2.45, 2.75) is 52.5 Å². The number of nitrogens with zero attached hydrogens (tertiary/aromatic N) is 1. The molecule has 1 aromatic rings. The van der Waals surface area contributed by atoms with Gasteiger partial charge in [-0.2, -0.15) is 0 Å². The molecule has 0 aromatic heterocycles. The maximum Gasteiger partial charge on any atom is 0.0366 e. The Labute approximate surface area is 124 Å². The molecule has 0 spiro atoms. The Morgan fingerprint density at radius 1 is 1.15 bits per heavy atom. The first-order valence-corrected chi connectivity index (χ1v) is 8.29. The molecule has 1 saturated carbocycles. The minimum Gasteiger partial charge on any atom is -0.372 e. The van der Waals surface area contributed by atoms with Crippen molar-refractivity contribution in [1.29, 1.82) is 0 Å². The molecule has 0 radical (unpaired) electrons. The average Bonchev–Trinajstić information content (AvgIpc) is 2.89. The van der Waals surface area contributed by atoms with Crippen LogP contribution in [0.3, 0.4) is 0 Å². The molecule has 112 valence electrons. The van der Waals surface area contributed by atoms with Gasteiger partial charge in [0, 0.05) is 24.8 Å². The van der Waals surface area contributed by atoms with Gasteiger partial charge in [0.15, 0.2) is 0 Å². The number of rotatable bonds is 7. The molecule has 1 aliphatic rings. The molecule has 0 saturated heterocycles. The highest BCUT2D eigenvalue weighted by Crippen LogP contribution is 2.29. The van der Waals surface area contributed by atoms with Gasteiger partial charge in [0.2, 0.25) is 0 Å². The molecule has 2 atom stereocenters. The maximum absolute atomic E-state index is 3.67. The predicted molar refractivity (Wildman–Crippen MR) is 88.5 cm³/mol. The van der Waals surface area contributed by atoms with Gasteiger partial charge in [-0.25, -0.2) is 0 Å². The molecule has 1 aromatic carbocycles. The van der Waals surface area contributed by atoms with Crippen LogP contribution in [0.5, 0.6) is 0 Å². The lowest BCUT2D eigenvalue weighted by atomic mass is 9.99. The summed E-state index contributed by atoms with van der Waals surface area (Å²) in [5, 5.41) is 3.67. The molecule has 0 aliphatic heterocycles. The zero-order valence-electron chi connectivity index (χ0n) is 13.4. The smallest absolute Gasteiger partial charge is 0.0366 e. The fourth-order valence-corrected chi connectivity index (χ4v) is 3.46. The summed E-state index contributed by atoms with van der Waals surface area (Å²) in [5.74, 6) is 0.870. The van der Waals surface area contributed by atoms with E-state index in [0.717, 1.165) is 25.0 Å². The van der Waals surface area contributed by atoms with Crippen LogP contribution in [0, 0.1) is 12.8 Å². The normalized spacial score (nSPS) is 22.1. The van der Waals surface area contributed by atoms with Gasteiger partial charge in [0.1, 0.15) is 0 Å². The number of hydrogen-bond donors (Lipinski definition) is 1. The van der Waals surface area contributed by atoms with Crippen molar-refractivity contribution < 1.29 is 0 Å². The van der Waals surface area contributed by atoms with E-state index in [1.165, 1.54) is 43.5 Å². The Balaban J connectivity index is 1.88. The molecule has 0 amide bonds. The fraction of sp³-hybridized carbons (Fsp3) is 0.667. The summed E-state index contributed by atoms with van der Waals surface area (Å²) in [5.41, 5.74) is 2.71. The van der Waals surface area contributed by atoms with Gasteiger partial charge in [0.05, 0.1) is 0 Å². The standard InChI is InChI=1S/C18H30N2/c1-4-19-18-8-6-7-16(18)13-14-20(5-2)17-11-9-15(3)10-12-17/h9-12,16,18-19H,4-8,13-14H2,1-3H3. The number of nitrogens with one attached hydrogen (secondary N) is 1. The van der Waals surface area contributed by atoms with Crippen molar-refractivity contribution in [1.82, 2.24) is 5.32 Å². The Bertz CT molecular complexity index is 385. The second-order valence-corrected chi connectivity index (χ2v) is 6.06. The van der Waals surface area contributed by atoms with E-state index >= 15 is 0 Å². The number of aryl methyl sites for hydroxylation is 1. The first-order valence-electron chi connectivity index (χ1n) is 8.29. The van der Waals surface area contributed by atoms with Crippen LogP contribution in [-0.2, 0) is 0 Å². The van der Waals surface area contributed by atoms with Gasteiger partial charge >= 0.3 is 0 Å². The molecule has 2 nitrogen and oxygen atoms in total. The third-order valence-electron chi connectivity index (χ3n) is 4.68. The average molecular weight is 274 g/mol. The SMILES string of the molecule is CCNC1CCCC1CCN(CC)c1ccc(C)cc1. The first-order chi connectivity index (χ1) is 9.74. The monoisotopic (exact) mass is 274 g/mol. The van der Waals surface area contributed by atoms with Gasteiger partial charge in [-0.1, -0.05) is 31.0 Å². The predicted octanol–water partition coefficient (Wildman–Crippen LogP) is 3.99. The summed E-state index contributed by atoms with van der Waals surface area (Å²) in [6.07, 6.45) is 5.50. The Morgan fingerprint density at radius 3 is 2.55 bits per heavy atom. The van der Waals surface area contributed by atoms with Crippen LogP contribution >= 0.6 is 0 Å². The van der Waals surface area contributed by atoms with Gasteiger partial charge in [-0.15, -0.1) is 0 Å². The molecule has 2 unspecified atom stereocenters. The van der Waals surface area contributed by atoms with E-state index in [4.69, 9.17) is 0 Å². The quantitative estimate of drug-likeness (QED) is 0.809. The van der Waals surface area contributed by atoms with Gasteiger partial charge in [0.25, 0.3) is 0 Å². The summed E-state index contributed by atoms with van der Waals surface area (Å²) in [6.45, 7) is 10.0. The van der Waals surface area contributed by atoms with Crippen molar-refractivity contribution in [2.75, 3.05) is 24.5 Å². The van der Waals surface area contributed by atoms with Crippen LogP contribution < -0.4 is 10.2 Å². The molecular formula is C18H30N2.